The van der Waals surface area contributed by atoms with E-state index in [1.54, 1.807) is 6.92 Å². The Labute approximate surface area is 101 Å². The van der Waals surface area contributed by atoms with Gasteiger partial charge >= 0.3 is 5.97 Å². The summed E-state index contributed by atoms with van der Waals surface area (Å²) in [6.45, 7) is 7.72. The molecule has 0 saturated heterocycles. The van der Waals surface area contributed by atoms with Crippen LogP contribution in [0.3, 0.4) is 0 Å². The first-order chi connectivity index (χ1) is 7.75. The van der Waals surface area contributed by atoms with E-state index < -0.39 is 5.97 Å². The maximum Gasteiger partial charge on any atom is 0.308 e. The molecule has 1 aromatic rings. The van der Waals surface area contributed by atoms with E-state index in [-0.39, 0.29) is 11.8 Å². The van der Waals surface area contributed by atoms with Crippen LogP contribution < -0.4 is 4.74 Å². The molecular weight excluding hydrogens is 220 g/mol. The number of rotatable bonds is 3. The second kappa shape index (κ2) is 4.69. The maximum absolute atomic E-state index is 10.9. The van der Waals surface area contributed by atoms with Crippen molar-refractivity contribution in [3.8, 4) is 5.88 Å². The van der Waals surface area contributed by atoms with Crippen LogP contribution in [-0.4, -0.2) is 28.2 Å². The van der Waals surface area contributed by atoms with Gasteiger partial charge in [0.05, 0.1) is 19.2 Å². The van der Waals surface area contributed by atoms with Gasteiger partial charge in [-0.05, 0) is 6.92 Å². The molecule has 0 saturated carbocycles. The topological polar surface area (TPSA) is 72.3 Å². The van der Waals surface area contributed by atoms with E-state index in [1.165, 1.54) is 7.11 Å². The van der Waals surface area contributed by atoms with Crippen molar-refractivity contribution in [1.82, 2.24) is 9.97 Å². The van der Waals surface area contributed by atoms with Gasteiger partial charge < -0.3 is 9.84 Å². The maximum atomic E-state index is 10.9. The molecule has 0 atom stereocenters. The molecule has 1 aromatic heterocycles. The van der Waals surface area contributed by atoms with Crippen LogP contribution in [0.4, 0.5) is 0 Å². The molecule has 0 bridgehead atoms. The molecule has 5 nitrogen and oxygen atoms in total. The van der Waals surface area contributed by atoms with Gasteiger partial charge in [-0.3, -0.25) is 4.79 Å². The predicted octanol–water partition coefficient (Wildman–Crippen LogP) is 1.72. The highest BCUT2D eigenvalue weighted by molar-refractivity contribution is 5.71. The number of aryl methyl sites for hydroxylation is 1. The SMILES string of the molecule is COc1nc(C)nc(C(C)(C)C)c1CC(=O)O. The Hall–Kier alpha value is -1.65. The van der Waals surface area contributed by atoms with E-state index in [1.807, 2.05) is 20.8 Å². The van der Waals surface area contributed by atoms with E-state index in [0.717, 1.165) is 5.69 Å². The van der Waals surface area contributed by atoms with Gasteiger partial charge in [-0.15, -0.1) is 0 Å². The van der Waals surface area contributed by atoms with Gasteiger partial charge in [0.15, 0.2) is 0 Å². The van der Waals surface area contributed by atoms with Crippen LogP contribution >= 0.6 is 0 Å². The van der Waals surface area contributed by atoms with Gasteiger partial charge in [-0.25, -0.2) is 4.98 Å². The number of carboxylic acid groups (broad SMARTS) is 1. The van der Waals surface area contributed by atoms with Gasteiger partial charge in [-0.1, -0.05) is 20.8 Å². The minimum absolute atomic E-state index is 0.129. The average Bonchev–Trinajstić information content (AvgIpc) is 2.17. The summed E-state index contributed by atoms with van der Waals surface area (Å²) in [6.07, 6.45) is -0.129. The van der Waals surface area contributed by atoms with E-state index in [9.17, 15) is 4.79 Å². The van der Waals surface area contributed by atoms with Crippen molar-refractivity contribution in [1.29, 1.82) is 0 Å². The van der Waals surface area contributed by atoms with E-state index in [2.05, 4.69) is 9.97 Å². The van der Waals surface area contributed by atoms with Gasteiger partial charge in [0.25, 0.3) is 0 Å². The molecule has 0 amide bonds. The zero-order valence-electron chi connectivity index (χ0n) is 10.9. The normalized spacial score (nSPS) is 11.4. The molecule has 0 unspecified atom stereocenters. The van der Waals surface area contributed by atoms with E-state index in [4.69, 9.17) is 9.84 Å². The third kappa shape index (κ3) is 3.15. The van der Waals surface area contributed by atoms with Gasteiger partial charge in [-0.2, -0.15) is 4.98 Å². The van der Waals surface area contributed by atoms with Crippen molar-refractivity contribution < 1.29 is 14.6 Å². The summed E-state index contributed by atoms with van der Waals surface area (Å²) in [4.78, 5) is 19.4. The van der Waals surface area contributed by atoms with Crippen LogP contribution in [0.2, 0.25) is 0 Å². The highest BCUT2D eigenvalue weighted by Crippen LogP contribution is 2.29. The number of ether oxygens (including phenoxy) is 1. The van der Waals surface area contributed by atoms with Crippen molar-refractivity contribution in [3.05, 3.63) is 17.1 Å². The Bertz CT molecular complexity index is 436. The van der Waals surface area contributed by atoms with Crippen molar-refractivity contribution in [2.75, 3.05) is 7.11 Å². The molecule has 0 spiro atoms. The molecule has 0 aliphatic rings. The molecule has 0 aliphatic carbocycles. The summed E-state index contributed by atoms with van der Waals surface area (Å²) in [5.74, 6) is 0.0204. The monoisotopic (exact) mass is 238 g/mol. The summed E-state index contributed by atoms with van der Waals surface area (Å²) in [5.41, 5.74) is 1.04. The molecule has 0 aromatic carbocycles. The Balaban J connectivity index is 3.44. The molecule has 17 heavy (non-hydrogen) atoms. The standard InChI is InChI=1S/C12H18N2O3/c1-7-13-10(12(2,3)4)8(6-9(15)16)11(14-7)17-5/h6H2,1-5H3,(H,15,16). The zero-order valence-corrected chi connectivity index (χ0v) is 10.9. The summed E-state index contributed by atoms with van der Waals surface area (Å²) in [6, 6.07) is 0. The highest BCUT2D eigenvalue weighted by atomic mass is 16.5. The highest BCUT2D eigenvalue weighted by Gasteiger charge is 2.25. The van der Waals surface area contributed by atoms with Gasteiger partial charge in [0, 0.05) is 11.0 Å². The number of methoxy groups -OCH3 is 1. The third-order valence-corrected chi connectivity index (χ3v) is 2.31. The molecule has 5 heteroatoms. The Morgan fingerprint density at radius 3 is 2.35 bits per heavy atom. The van der Waals surface area contributed by atoms with Gasteiger partial charge in [0.1, 0.15) is 5.82 Å². The molecule has 0 radical (unpaired) electrons. The van der Waals surface area contributed by atoms with E-state index in [0.29, 0.717) is 17.3 Å². The Morgan fingerprint density at radius 2 is 1.94 bits per heavy atom. The summed E-state index contributed by atoms with van der Waals surface area (Å²) in [5, 5.41) is 8.94. The van der Waals surface area contributed by atoms with Crippen LogP contribution in [0, 0.1) is 6.92 Å². The fraction of sp³-hybridized carbons (Fsp3) is 0.583. The zero-order chi connectivity index (χ0) is 13.2. The predicted molar refractivity (Wildman–Crippen MR) is 63.4 cm³/mol. The average molecular weight is 238 g/mol. The molecular formula is C12H18N2O3. The lowest BCUT2D eigenvalue weighted by molar-refractivity contribution is -0.136. The summed E-state index contributed by atoms with van der Waals surface area (Å²) < 4.78 is 5.15. The number of hydrogen-bond acceptors (Lipinski definition) is 4. The number of carboxylic acids is 1. The third-order valence-electron chi connectivity index (χ3n) is 2.31. The summed E-state index contributed by atoms with van der Waals surface area (Å²) in [7, 11) is 1.49. The van der Waals surface area contributed by atoms with Crippen LogP contribution in [0.15, 0.2) is 0 Å². The largest absolute Gasteiger partial charge is 0.481 e. The second-order valence-electron chi connectivity index (χ2n) is 4.93. The van der Waals surface area contributed by atoms with E-state index >= 15 is 0 Å². The first kappa shape index (κ1) is 13.4. The Morgan fingerprint density at radius 1 is 1.35 bits per heavy atom. The first-order valence-electron chi connectivity index (χ1n) is 5.39. The molecule has 0 fully saturated rings. The molecule has 0 aliphatic heterocycles. The number of nitrogens with zero attached hydrogens (tertiary/aromatic N) is 2. The summed E-state index contributed by atoms with van der Waals surface area (Å²) >= 11 is 0. The van der Waals surface area contributed by atoms with Crippen molar-refractivity contribution >= 4 is 5.97 Å². The number of aliphatic carboxylic acids is 1. The van der Waals surface area contributed by atoms with Crippen LogP contribution in [-0.2, 0) is 16.6 Å². The quantitative estimate of drug-likeness (QED) is 0.868. The first-order valence-corrected chi connectivity index (χ1v) is 5.39. The minimum atomic E-state index is -0.916. The lowest BCUT2D eigenvalue weighted by Crippen LogP contribution is -2.20. The van der Waals surface area contributed by atoms with Crippen molar-refractivity contribution in [2.45, 2.75) is 39.5 Å². The van der Waals surface area contributed by atoms with Crippen molar-refractivity contribution in [2.24, 2.45) is 0 Å². The molecule has 1 heterocycles. The molecule has 94 valence electrons. The fourth-order valence-electron chi connectivity index (χ4n) is 1.67. The molecule has 1 rings (SSSR count). The number of carbonyl (C=O) groups is 1. The fourth-order valence-corrected chi connectivity index (χ4v) is 1.67. The molecule has 1 N–H and O–H groups in total. The second-order valence-corrected chi connectivity index (χ2v) is 4.93. The lowest BCUT2D eigenvalue weighted by Gasteiger charge is -2.22. The van der Waals surface area contributed by atoms with Crippen LogP contribution in [0.5, 0.6) is 5.88 Å². The minimum Gasteiger partial charge on any atom is -0.481 e. The van der Waals surface area contributed by atoms with Gasteiger partial charge in [0.2, 0.25) is 5.88 Å². The van der Waals surface area contributed by atoms with Crippen LogP contribution in [0.25, 0.3) is 0 Å². The number of aromatic nitrogens is 2. The van der Waals surface area contributed by atoms with Crippen LogP contribution in [0.1, 0.15) is 37.9 Å². The smallest absolute Gasteiger partial charge is 0.308 e. The number of hydrogen-bond donors (Lipinski definition) is 1. The lowest BCUT2D eigenvalue weighted by atomic mass is 9.87. The van der Waals surface area contributed by atoms with Crippen molar-refractivity contribution in [3.63, 3.8) is 0 Å². The Kier molecular flexibility index (Phi) is 3.70.